The minimum atomic E-state index is -0.403. The lowest BCUT2D eigenvalue weighted by Crippen LogP contribution is -2.25. The molecule has 0 N–H and O–H groups in total. The number of rotatable bonds is 13. The van der Waals surface area contributed by atoms with E-state index in [0.717, 1.165) is 25.1 Å². The maximum Gasteiger partial charge on any atom is 0.425 e. The van der Waals surface area contributed by atoms with Crippen molar-refractivity contribution in [2.24, 2.45) is 0 Å². The Morgan fingerprint density at radius 3 is 2.43 bits per heavy atom. The topological polar surface area (TPSA) is 42.0 Å². The predicted octanol–water partition coefficient (Wildman–Crippen LogP) is 7.89. The fraction of sp³-hybridized carbons (Fsp3) is 0.650. The molecule has 1 aromatic rings. The smallest absolute Gasteiger partial charge is 0.425 e. The summed E-state index contributed by atoms with van der Waals surface area (Å²) >= 11 is 0. The molecule has 0 aromatic heterocycles. The maximum absolute atomic E-state index is 12.5. The van der Waals surface area contributed by atoms with Crippen LogP contribution >= 0.6 is 51.4 Å². The summed E-state index contributed by atoms with van der Waals surface area (Å²) in [5.74, 6) is 1.17. The number of para-hydroxylation sites is 1. The van der Waals surface area contributed by atoms with Crippen LogP contribution in [0.3, 0.4) is 0 Å². The Morgan fingerprint density at radius 1 is 1.10 bits per heavy atom. The van der Waals surface area contributed by atoms with E-state index in [1.807, 2.05) is 26.0 Å². The molecule has 0 saturated carbocycles. The van der Waals surface area contributed by atoms with E-state index in [1.165, 1.54) is 41.0 Å². The number of fused-ring (bicyclic) bond motifs is 1. The zero-order valence-electron chi connectivity index (χ0n) is 18.3. The summed E-state index contributed by atoms with van der Waals surface area (Å²) in [6.45, 7) is 10.8. The van der Waals surface area contributed by atoms with Crippen LogP contribution in [0.2, 0.25) is 0 Å². The van der Waals surface area contributed by atoms with Gasteiger partial charge in [0.05, 0.1) is 0 Å². The summed E-state index contributed by atoms with van der Waals surface area (Å²) in [5, 5.41) is 0. The van der Waals surface area contributed by atoms with E-state index >= 15 is 0 Å². The highest BCUT2D eigenvalue weighted by atomic mass is 33.8. The highest BCUT2D eigenvalue weighted by molar-refractivity contribution is 9.35. The molecule has 10 heteroatoms. The zero-order chi connectivity index (χ0) is 22.0. The number of ether oxygens (including phenoxy) is 2. The van der Waals surface area contributed by atoms with E-state index in [4.69, 9.17) is 9.47 Å². The van der Waals surface area contributed by atoms with Crippen LogP contribution in [0.4, 0.5) is 4.79 Å². The SMILES string of the molecule is CCCCN(CCCC)SSSSSN(C)C(=O)Oc1cccc2c1OC(C)(C)C2. The molecule has 1 aliphatic heterocycles. The Hall–Kier alpha value is -0.0000000000000000555. The first-order valence-electron chi connectivity index (χ1n) is 10.2. The van der Waals surface area contributed by atoms with Crippen molar-refractivity contribution in [1.29, 1.82) is 0 Å². The molecule has 0 bridgehead atoms. The van der Waals surface area contributed by atoms with E-state index in [-0.39, 0.29) is 5.60 Å². The van der Waals surface area contributed by atoms with Crippen LogP contribution < -0.4 is 9.47 Å². The third-order valence-corrected chi connectivity index (χ3v) is 12.6. The van der Waals surface area contributed by atoms with Crippen LogP contribution in [0.5, 0.6) is 11.5 Å². The van der Waals surface area contributed by atoms with Crippen molar-refractivity contribution in [3.05, 3.63) is 23.8 Å². The molecule has 1 aliphatic rings. The van der Waals surface area contributed by atoms with Gasteiger partial charge in [0.1, 0.15) is 5.60 Å². The molecule has 30 heavy (non-hydrogen) atoms. The molecule has 1 amide bonds. The van der Waals surface area contributed by atoms with Crippen LogP contribution in [0.25, 0.3) is 0 Å². The minimum absolute atomic E-state index is 0.269. The first-order valence-corrected chi connectivity index (χ1v) is 16.3. The Labute approximate surface area is 200 Å². The summed E-state index contributed by atoms with van der Waals surface area (Å²) in [6, 6.07) is 5.71. The van der Waals surface area contributed by atoms with E-state index in [0.29, 0.717) is 11.5 Å². The molecule has 2 rings (SSSR count). The molecule has 0 radical (unpaired) electrons. The number of hydrogen-bond acceptors (Lipinski definition) is 9. The molecule has 0 atom stereocenters. The zero-order valence-corrected chi connectivity index (χ0v) is 22.4. The number of nitrogens with zero attached hydrogens (tertiary/aromatic N) is 2. The standard InChI is InChI=1S/C20H32N2O3S5/c1-6-8-13-22(14-9-7-2)27-29-30-28-26-21(5)19(23)24-17-12-10-11-16-15-20(3,4)25-18(16)17/h10-12H,6-9,13-15H2,1-5H3. The van der Waals surface area contributed by atoms with Crippen molar-refractivity contribution in [2.45, 2.75) is 65.4 Å². The molecule has 0 unspecified atom stereocenters. The summed E-state index contributed by atoms with van der Waals surface area (Å²) in [5.41, 5.74) is 0.810. The van der Waals surface area contributed by atoms with Gasteiger partial charge >= 0.3 is 6.09 Å². The number of amides is 1. The van der Waals surface area contributed by atoms with E-state index in [2.05, 4.69) is 18.2 Å². The average Bonchev–Trinajstić information content (AvgIpc) is 3.03. The summed E-state index contributed by atoms with van der Waals surface area (Å²) < 4.78 is 15.5. The van der Waals surface area contributed by atoms with Gasteiger partial charge in [-0.05, 0) is 32.8 Å². The molecule has 1 heterocycles. The monoisotopic (exact) mass is 508 g/mol. The van der Waals surface area contributed by atoms with Crippen LogP contribution in [-0.4, -0.2) is 40.4 Å². The summed E-state index contributed by atoms with van der Waals surface area (Å²) in [4.78, 5) is 12.5. The van der Waals surface area contributed by atoms with Gasteiger partial charge in [-0.25, -0.2) is 13.4 Å². The van der Waals surface area contributed by atoms with Gasteiger partial charge in [-0.2, -0.15) is 0 Å². The molecule has 0 spiro atoms. The molecule has 170 valence electrons. The van der Waals surface area contributed by atoms with Crippen molar-refractivity contribution < 1.29 is 14.3 Å². The molecule has 5 nitrogen and oxygen atoms in total. The molecule has 0 saturated heterocycles. The van der Waals surface area contributed by atoms with Crippen molar-refractivity contribution in [1.82, 2.24) is 8.61 Å². The lowest BCUT2D eigenvalue weighted by atomic mass is 10.0. The minimum Gasteiger partial charge on any atom is -0.483 e. The van der Waals surface area contributed by atoms with Crippen molar-refractivity contribution in [3.8, 4) is 11.5 Å². The second kappa shape index (κ2) is 13.5. The van der Waals surface area contributed by atoms with Gasteiger partial charge in [0.2, 0.25) is 0 Å². The maximum atomic E-state index is 12.5. The van der Waals surface area contributed by atoms with E-state index in [9.17, 15) is 4.79 Å². The Balaban J connectivity index is 1.71. The normalized spacial score (nSPS) is 14.5. The Kier molecular flexibility index (Phi) is 11.8. The van der Waals surface area contributed by atoms with Gasteiger partial charge < -0.3 is 9.47 Å². The van der Waals surface area contributed by atoms with Crippen LogP contribution in [0.1, 0.15) is 58.9 Å². The number of benzene rings is 1. The van der Waals surface area contributed by atoms with Gasteiger partial charge in [0, 0.05) is 83.6 Å². The Bertz CT molecular complexity index is 670. The second-order valence-electron chi connectivity index (χ2n) is 7.64. The fourth-order valence-corrected chi connectivity index (χ4v) is 11.0. The molecule has 0 fully saturated rings. The Morgan fingerprint density at radius 2 is 1.77 bits per heavy atom. The average molecular weight is 509 g/mol. The van der Waals surface area contributed by atoms with E-state index < -0.39 is 6.09 Å². The molecule has 1 aromatic carbocycles. The highest BCUT2D eigenvalue weighted by Crippen LogP contribution is 2.50. The fourth-order valence-electron chi connectivity index (χ4n) is 2.84. The van der Waals surface area contributed by atoms with Gasteiger partial charge in [-0.15, -0.1) is 0 Å². The quantitative estimate of drug-likeness (QED) is 0.150. The number of carbonyl (C=O) groups is 1. The van der Waals surface area contributed by atoms with Crippen LogP contribution in [-0.2, 0) is 6.42 Å². The highest BCUT2D eigenvalue weighted by Gasteiger charge is 2.33. The second-order valence-corrected chi connectivity index (χ2v) is 15.2. The van der Waals surface area contributed by atoms with Crippen molar-refractivity contribution >= 4 is 57.5 Å². The van der Waals surface area contributed by atoms with E-state index in [1.54, 1.807) is 53.6 Å². The lowest BCUT2D eigenvalue weighted by molar-refractivity contribution is 0.132. The van der Waals surface area contributed by atoms with Crippen LogP contribution in [0, 0.1) is 0 Å². The van der Waals surface area contributed by atoms with Crippen molar-refractivity contribution in [3.63, 3.8) is 0 Å². The number of hydrogen-bond donors (Lipinski definition) is 0. The van der Waals surface area contributed by atoms with Crippen molar-refractivity contribution in [2.75, 3.05) is 20.1 Å². The van der Waals surface area contributed by atoms with Gasteiger partial charge in [0.15, 0.2) is 11.5 Å². The third-order valence-electron chi connectivity index (χ3n) is 4.37. The van der Waals surface area contributed by atoms with Crippen LogP contribution in [0.15, 0.2) is 18.2 Å². The summed E-state index contributed by atoms with van der Waals surface area (Å²) in [7, 11) is 9.86. The first-order chi connectivity index (χ1) is 14.4. The molecular formula is C20H32N2O3S5. The number of carbonyl (C=O) groups excluding carboxylic acids is 1. The summed E-state index contributed by atoms with van der Waals surface area (Å²) in [6.07, 6.45) is 5.29. The van der Waals surface area contributed by atoms with Gasteiger partial charge in [-0.3, -0.25) is 0 Å². The molecular weight excluding hydrogens is 477 g/mol. The largest absolute Gasteiger partial charge is 0.483 e. The van der Waals surface area contributed by atoms with Gasteiger partial charge in [0.25, 0.3) is 0 Å². The third kappa shape index (κ3) is 8.86. The predicted molar refractivity (Wildman–Crippen MR) is 138 cm³/mol. The van der Waals surface area contributed by atoms with Gasteiger partial charge in [-0.1, -0.05) is 38.8 Å². The lowest BCUT2D eigenvalue weighted by Gasteiger charge is -2.19. The molecule has 0 aliphatic carbocycles. The first kappa shape index (κ1) is 26.3. The number of unbranched alkanes of at least 4 members (excludes halogenated alkanes) is 2.